The Hall–Kier alpha value is -2.54. The van der Waals surface area contributed by atoms with Gasteiger partial charge < -0.3 is 24.6 Å². The summed E-state index contributed by atoms with van der Waals surface area (Å²) in [6.07, 6.45) is 9.29. The van der Waals surface area contributed by atoms with Gasteiger partial charge >= 0.3 is 11.9 Å². The number of methoxy groups -OCH3 is 1. The first-order chi connectivity index (χ1) is 13.5. The average molecular weight is 393 g/mol. The molecule has 1 aromatic carbocycles. The molecule has 0 aliphatic carbocycles. The Morgan fingerprint density at radius 3 is 2.29 bits per heavy atom. The predicted molar refractivity (Wildman–Crippen MR) is 107 cm³/mol. The minimum Gasteiger partial charge on any atom is -0.493 e. The molecule has 7 heteroatoms. The van der Waals surface area contributed by atoms with E-state index in [1.165, 1.54) is 44.3 Å². The molecular weight excluding hydrogens is 362 g/mol. The highest BCUT2D eigenvalue weighted by Crippen LogP contribution is 2.28. The van der Waals surface area contributed by atoms with Crippen molar-refractivity contribution in [1.29, 1.82) is 0 Å². The summed E-state index contributed by atoms with van der Waals surface area (Å²) in [4.78, 5) is 20.8. The number of benzene rings is 1. The molecule has 7 nitrogen and oxygen atoms in total. The first-order valence-electron chi connectivity index (χ1n) is 9.57. The second-order valence-electron chi connectivity index (χ2n) is 6.55. The molecule has 28 heavy (non-hydrogen) atoms. The van der Waals surface area contributed by atoms with Crippen molar-refractivity contribution in [3.63, 3.8) is 0 Å². The second-order valence-corrected chi connectivity index (χ2v) is 6.55. The SMILES string of the molecule is C=CCc1ccc(OCCCN2CCCCCC2)c(OC)c1.O=C(O)C(=O)O. The van der Waals surface area contributed by atoms with E-state index >= 15 is 0 Å². The molecule has 0 aromatic heterocycles. The number of carbonyl (C=O) groups is 2. The first kappa shape index (κ1) is 23.5. The quantitative estimate of drug-likeness (QED) is 0.398. The van der Waals surface area contributed by atoms with Crippen LogP contribution in [0.4, 0.5) is 0 Å². The summed E-state index contributed by atoms with van der Waals surface area (Å²) in [6, 6.07) is 6.11. The van der Waals surface area contributed by atoms with Gasteiger partial charge in [-0.1, -0.05) is 25.0 Å². The van der Waals surface area contributed by atoms with Gasteiger partial charge in [-0.25, -0.2) is 9.59 Å². The summed E-state index contributed by atoms with van der Waals surface area (Å²) in [6.45, 7) is 8.15. The van der Waals surface area contributed by atoms with Crippen molar-refractivity contribution in [2.75, 3.05) is 33.4 Å². The lowest BCUT2D eigenvalue weighted by atomic mass is 10.1. The van der Waals surface area contributed by atoms with E-state index in [9.17, 15) is 0 Å². The number of likely N-dealkylation sites (tertiary alicyclic amines) is 1. The third kappa shape index (κ3) is 9.41. The summed E-state index contributed by atoms with van der Waals surface area (Å²) < 4.78 is 11.3. The van der Waals surface area contributed by atoms with Crippen LogP contribution in [0.25, 0.3) is 0 Å². The lowest BCUT2D eigenvalue weighted by molar-refractivity contribution is -0.159. The van der Waals surface area contributed by atoms with Gasteiger partial charge in [-0.05, 0) is 56.5 Å². The van der Waals surface area contributed by atoms with Crippen molar-refractivity contribution < 1.29 is 29.3 Å². The van der Waals surface area contributed by atoms with E-state index in [2.05, 4.69) is 17.5 Å². The Kier molecular flexibility index (Phi) is 11.4. The number of rotatable bonds is 8. The molecule has 0 spiro atoms. The molecule has 1 fully saturated rings. The minimum atomic E-state index is -1.82. The Balaban J connectivity index is 0.000000568. The molecule has 156 valence electrons. The van der Waals surface area contributed by atoms with Crippen LogP contribution in [-0.4, -0.2) is 60.4 Å². The Labute approximate surface area is 166 Å². The number of allylic oxidation sites excluding steroid dienone is 1. The zero-order chi connectivity index (χ0) is 20.8. The van der Waals surface area contributed by atoms with Crippen LogP contribution in [0.3, 0.4) is 0 Å². The molecule has 1 aliphatic heterocycles. The van der Waals surface area contributed by atoms with Crippen molar-refractivity contribution >= 4 is 11.9 Å². The van der Waals surface area contributed by atoms with Gasteiger partial charge in [0.2, 0.25) is 0 Å². The fourth-order valence-corrected chi connectivity index (χ4v) is 2.95. The summed E-state index contributed by atoms with van der Waals surface area (Å²) >= 11 is 0. The van der Waals surface area contributed by atoms with Crippen molar-refractivity contribution in [3.05, 3.63) is 36.4 Å². The van der Waals surface area contributed by atoms with Crippen LogP contribution in [0.2, 0.25) is 0 Å². The van der Waals surface area contributed by atoms with Crippen molar-refractivity contribution in [3.8, 4) is 11.5 Å². The molecule has 1 aliphatic rings. The molecular formula is C21H31NO6. The fourth-order valence-electron chi connectivity index (χ4n) is 2.95. The number of carboxylic acid groups (broad SMARTS) is 2. The first-order valence-corrected chi connectivity index (χ1v) is 9.57. The Morgan fingerprint density at radius 2 is 1.75 bits per heavy atom. The lowest BCUT2D eigenvalue weighted by Gasteiger charge is -2.19. The van der Waals surface area contributed by atoms with Crippen LogP contribution < -0.4 is 9.47 Å². The largest absolute Gasteiger partial charge is 0.493 e. The van der Waals surface area contributed by atoms with E-state index < -0.39 is 11.9 Å². The van der Waals surface area contributed by atoms with E-state index in [-0.39, 0.29) is 0 Å². The summed E-state index contributed by atoms with van der Waals surface area (Å²) in [5, 5.41) is 14.8. The molecule has 0 radical (unpaired) electrons. The topological polar surface area (TPSA) is 96.3 Å². The molecule has 0 unspecified atom stereocenters. The molecule has 1 heterocycles. The van der Waals surface area contributed by atoms with Crippen LogP contribution in [0.5, 0.6) is 11.5 Å². The third-order valence-corrected chi connectivity index (χ3v) is 4.37. The molecule has 1 saturated heterocycles. The van der Waals surface area contributed by atoms with Crippen LogP contribution in [-0.2, 0) is 16.0 Å². The van der Waals surface area contributed by atoms with Gasteiger partial charge in [0.25, 0.3) is 0 Å². The van der Waals surface area contributed by atoms with Crippen molar-refractivity contribution in [1.82, 2.24) is 4.90 Å². The van der Waals surface area contributed by atoms with Crippen molar-refractivity contribution in [2.45, 2.75) is 38.5 Å². The predicted octanol–water partition coefficient (Wildman–Crippen LogP) is 3.22. The minimum absolute atomic E-state index is 0.744. The van der Waals surface area contributed by atoms with Crippen LogP contribution in [0.1, 0.15) is 37.7 Å². The molecule has 0 bridgehead atoms. The summed E-state index contributed by atoms with van der Waals surface area (Å²) in [5.74, 6) is -2.00. The second kappa shape index (κ2) is 13.6. The smallest absolute Gasteiger partial charge is 0.414 e. The summed E-state index contributed by atoms with van der Waals surface area (Å²) in [7, 11) is 1.69. The van der Waals surface area contributed by atoms with Gasteiger partial charge in [-0.3, -0.25) is 0 Å². The highest BCUT2D eigenvalue weighted by Gasteiger charge is 2.09. The Bertz CT molecular complexity index is 611. The molecule has 0 amide bonds. The third-order valence-electron chi connectivity index (χ3n) is 4.37. The zero-order valence-corrected chi connectivity index (χ0v) is 16.6. The monoisotopic (exact) mass is 393 g/mol. The van der Waals surface area contributed by atoms with E-state index in [1.807, 2.05) is 18.2 Å². The summed E-state index contributed by atoms with van der Waals surface area (Å²) in [5.41, 5.74) is 1.20. The highest BCUT2D eigenvalue weighted by atomic mass is 16.5. The maximum absolute atomic E-state index is 9.10. The molecule has 0 saturated carbocycles. The van der Waals surface area contributed by atoms with E-state index in [1.54, 1.807) is 7.11 Å². The van der Waals surface area contributed by atoms with Crippen molar-refractivity contribution in [2.24, 2.45) is 0 Å². The molecule has 0 atom stereocenters. The maximum atomic E-state index is 9.10. The normalized spacial score (nSPS) is 14.2. The Morgan fingerprint density at radius 1 is 1.11 bits per heavy atom. The van der Waals surface area contributed by atoms with Gasteiger partial charge in [-0.15, -0.1) is 6.58 Å². The number of hydrogen-bond acceptors (Lipinski definition) is 5. The van der Waals surface area contributed by atoms with Gasteiger partial charge in [0.1, 0.15) is 0 Å². The van der Waals surface area contributed by atoms with Gasteiger partial charge in [-0.2, -0.15) is 0 Å². The van der Waals surface area contributed by atoms with Gasteiger partial charge in [0.05, 0.1) is 13.7 Å². The highest BCUT2D eigenvalue weighted by molar-refractivity contribution is 6.27. The van der Waals surface area contributed by atoms with Crippen LogP contribution in [0.15, 0.2) is 30.9 Å². The standard InChI is InChI=1S/C19H29NO2.C2H2O4/c1-3-9-17-10-11-18(19(16-17)21-2)22-15-8-14-20-12-6-4-5-7-13-20;3-1(4)2(5)6/h3,10-11,16H,1,4-9,12-15H2,2H3;(H,3,4)(H,5,6). The van der Waals surface area contributed by atoms with E-state index in [4.69, 9.17) is 29.3 Å². The lowest BCUT2D eigenvalue weighted by Crippen LogP contribution is -2.26. The van der Waals surface area contributed by atoms with Gasteiger partial charge in [0, 0.05) is 6.54 Å². The molecule has 2 rings (SSSR count). The fraction of sp³-hybridized carbons (Fsp3) is 0.524. The van der Waals surface area contributed by atoms with Crippen LogP contribution >= 0.6 is 0 Å². The molecule has 2 N–H and O–H groups in total. The number of nitrogens with zero attached hydrogens (tertiary/aromatic N) is 1. The van der Waals surface area contributed by atoms with Gasteiger partial charge in [0.15, 0.2) is 11.5 Å². The van der Waals surface area contributed by atoms with E-state index in [0.29, 0.717) is 0 Å². The maximum Gasteiger partial charge on any atom is 0.414 e. The average Bonchev–Trinajstić information content (AvgIpc) is 2.95. The molecule has 1 aromatic rings. The number of aliphatic carboxylic acids is 2. The number of hydrogen-bond donors (Lipinski definition) is 2. The van der Waals surface area contributed by atoms with Crippen LogP contribution in [0, 0.1) is 0 Å². The number of ether oxygens (including phenoxy) is 2. The zero-order valence-electron chi connectivity index (χ0n) is 16.6. The number of carboxylic acids is 2. The van der Waals surface area contributed by atoms with E-state index in [0.717, 1.165) is 37.5 Å².